The van der Waals surface area contributed by atoms with Gasteiger partial charge in [-0.05, 0) is 48.2 Å². The molecule has 0 spiro atoms. The first-order valence-electron chi connectivity index (χ1n) is 7.30. The minimum absolute atomic E-state index is 0.00377. The second-order valence-corrected chi connectivity index (χ2v) is 5.17. The summed E-state index contributed by atoms with van der Waals surface area (Å²) >= 11 is 0. The number of hydrogen-bond donors (Lipinski definition) is 1. The number of nitriles is 1. The third kappa shape index (κ3) is 4.79. The van der Waals surface area contributed by atoms with E-state index in [0.717, 1.165) is 5.56 Å². The van der Waals surface area contributed by atoms with Gasteiger partial charge in [0.15, 0.2) is 0 Å². The van der Waals surface area contributed by atoms with Gasteiger partial charge in [-0.25, -0.2) is 4.39 Å². The second-order valence-electron chi connectivity index (χ2n) is 5.17. The second kappa shape index (κ2) is 7.90. The lowest BCUT2D eigenvalue weighted by molar-refractivity contribution is -0.117. The van der Waals surface area contributed by atoms with E-state index in [-0.39, 0.29) is 11.4 Å². The van der Waals surface area contributed by atoms with E-state index in [1.165, 1.54) is 18.2 Å². The summed E-state index contributed by atoms with van der Waals surface area (Å²) in [7, 11) is 0. The highest BCUT2D eigenvalue weighted by Gasteiger charge is 2.09. The van der Waals surface area contributed by atoms with Crippen molar-refractivity contribution in [3.63, 3.8) is 0 Å². The number of halogens is 1. The van der Waals surface area contributed by atoms with Crippen LogP contribution < -0.4 is 5.32 Å². The van der Waals surface area contributed by atoms with Crippen molar-refractivity contribution in [3.8, 4) is 6.07 Å². The molecule has 4 heteroatoms. The Morgan fingerprint density at radius 1 is 1.26 bits per heavy atom. The van der Waals surface area contributed by atoms with Crippen molar-refractivity contribution >= 4 is 12.0 Å². The fourth-order valence-corrected chi connectivity index (χ4v) is 2.13. The zero-order valence-electron chi connectivity index (χ0n) is 12.8. The molecule has 116 valence electrons. The van der Waals surface area contributed by atoms with E-state index < -0.39 is 5.91 Å². The zero-order valence-corrected chi connectivity index (χ0v) is 12.8. The monoisotopic (exact) mass is 308 g/mol. The standard InChI is InChI=1S/C19H17FN2O/c1-14-11-16(7-8-18(14)20)12-17(13-21)19(23)22-10-9-15-5-3-2-4-6-15/h2-8,11-12H,9-10H2,1H3,(H,22,23). The Hall–Kier alpha value is -2.93. The lowest BCUT2D eigenvalue weighted by Gasteiger charge is -2.05. The van der Waals surface area contributed by atoms with Crippen LogP contribution >= 0.6 is 0 Å². The minimum Gasteiger partial charge on any atom is -0.351 e. The summed E-state index contributed by atoms with van der Waals surface area (Å²) in [6, 6.07) is 16.1. The van der Waals surface area contributed by atoms with Gasteiger partial charge in [-0.1, -0.05) is 36.4 Å². The molecule has 0 aliphatic heterocycles. The predicted molar refractivity (Wildman–Crippen MR) is 87.9 cm³/mol. The summed E-state index contributed by atoms with van der Waals surface area (Å²) in [6.07, 6.45) is 2.16. The van der Waals surface area contributed by atoms with Crippen LogP contribution in [0.4, 0.5) is 4.39 Å². The van der Waals surface area contributed by atoms with Crippen LogP contribution in [-0.4, -0.2) is 12.5 Å². The molecular formula is C19H17FN2O. The van der Waals surface area contributed by atoms with E-state index in [2.05, 4.69) is 5.32 Å². The lowest BCUT2D eigenvalue weighted by Crippen LogP contribution is -2.26. The van der Waals surface area contributed by atoms with Gasteiger partial charge >= 0.3 is 0 Å². The van der Waals surface area contributed by atoms with Gasteiger partial charge in [0.25, 0.3) is 5.91 Å². The van der Waals surface area contributed by atoms with Crippen molar-refractivity contribution in [2.75, 3.05) is 6.54 Å². The molecule has 0 atom stereocenters. The Kier molecular flexibility index (Phi) is 5.65. The SMILES string of the molecule is Cc1cc(C=C(C#N)C(=O)NCCc2ccccc2)ccc1F. The highest BCUT2D eigenvalue weighted by atomic mass is 19.1. The topological polar surface area (TPSA) is 52.9 Å². The molecule has 1 N–H and O–H groups in total. The molecule has 2 aromatic carbocycles. The van der Waals surface area contributed by atoms with Crippen molar-refractivity contribution in [1.82, 2.24) is 5.32 Å². The Bertz CT molecular complexity index is 761. The van der Waals surface area contributed by atoms with Crippen molar-refractivity contribution < 1.29 is 9.18 Å². The maximum Gasteiger partial charge on any atom is 0.261 e. The lowest BCUT2D eigenvalue weighted by atomic mass is 10.1. The van der Waals surface area contributed by atoms with Gasteiger partial charge in [-0.3, -0.25) is 4.79 Å². The van der Waals surface area contributed by atoms with Crippen LogP contribution in [0.5, 0.6) is 0 Å². The molecule has 0 saturated carbocycles. The summed E-state index contributed by atoms with van der Waals surface area (Å²) in [5, 5.41) is 11.9. The molecule has 0 fully saturated rings. The summed E-state index contributed by atoms with van der Waals surface area (Å²) < 4.78 is 13.2. The molecule has 2 aromatic rings. The highest BCUT2D eigenvalue weighted by molar-refractivity contribution is 6.01. The Morgan fingerprint density at radius 2 is 2.00 bits per heavy atom. The van der Waals surface area contributed by atoms with Gasteiger partial charge in [-0.2, -0.15) is 5.26 Å². The van der Waals surface area contributed by atoms with Crippen LogP contribution in [0, 0.1) is 24.1 Å². The van der Waals surface area contributed by atoms with Crippen molar-refractivity contribution in [2.45, 2.75) is 13.3 Å². The first-order chi connectivity index (χ1) is 11.1. The van der Waals surface area contributed by atoms with E-state index >= 15 is 0 Å². The van der Waals surface area contributed by atoms with Gasteiger partial charge in [0, 0.05) is 6.54 Å². The predicted octanol–water partition coefficient (Wildman–Crippen LogP) is 3.40. The van der Waals surface area contributed by atoms with Crippen LogP contribution in [-0.2, 0) is 11.2 Å². The van der Waals surface area contributed by atoms with E-state index in [0.29, 0.717) is 24.1 Å². The zero-order chi connectivity index (χ0) is 16.7. The summed E-state index contributed by atoms with van der Waals surface area (Å²) in [5.41, 5.74) is 2.22. The first-order valence-corrected chi connectivity index (χ1v) is 7.30. The minimum atomic E-state index is -0.426. The smallest absolute Gasteiger partial charge is 0.261 e. The molecule has 2 rings (SSSR count). The van der Waals surface area contributed by atoms with Crippen LogP contribution in [0.2, 0.25) is 0 Å². The van der Waals surface area contributed by atoms with Gasteiger partial charge in [0.1, 0.15) is 17.5 Å². The third-order valence-corrected chi connectivity index (χ3v) is 3.40. The summed E-state index contributed by atoms with van der Waals surface area (Å²) in [6.45, 7) is 2.09. The fraction of sp³-hybridized carbons (Fsp3) is 0.158. The molecular weight excluding hydrogens is 291 g/mol. The first kappa shape index (κ1) is 16.4. The molecule has 0 radical (unpaired) electrons. The number of benzene rings is 2. The highest BCUT2D eigenvalue weighted by Crippen LogP contribution is 2.12. The number of aryl methyl sites for hydroxylation is 1. The molecule has 1 amide bonds. The maximum absolute atomic E-state index is 13.2. The summed E-state index contributed by atoms with van der Waals surface area (Å²) in [5.74, 6) is -0.738. The number of nitrogens with zero attached hydrogens (tertiary/aromatic N) is 1. The quantitative estimate of drug-likeness (QED) is 0.680. The van der Waals surface area contributed by atoms with Crippen molar-refractivity contribution in [1.29, 1.82) is 5.26 Å². The molecule has 0 unspecified atom stereocenters. The summed E-state index contributed by atoms with van der Waals surface area (Å²) in [4.78, 5) is 12.0. The Labute approximate surface area is 135 Å². The van der Waals surface area contributed by atoms with Crippen LogP contribution in [0.15, 0.2) is 54.1 Å². The van der Waals surface area contributed by atoms with Crippen molar-refractivity contribution in [3.05, 3.63) is 76.6 Å². The van der Waals surface area contributed by atoms with Crippen LogP contribution in [0.25, 0.3) is 6.08 Å². The maximum atomic E-state index is 13.2. The molecule has 0 saturated heterocycles. The molecule has 0 aromatic heterocycles. The van der Waals surface area contributed by atoms with Crippen molar-refractivity contribution in [2.24, 2.45) is 0 Å². The normalized spacial score (nSPS) is 10.9. The largest absolute Gasteiger partial charge is 0.351 e. The van der Waals surface area contributed by atoms with E-state index in [1.54, 1.807) is 13.0 Å². The average Bonchev–Trinajstić information content (AvgIpc) is 2.56. The number of amides is 1. The Morgan fingerprint density at radius 3 is 2.65 bits per heavy atom. The Balaban J connectivity index is 1.99. The van der Waals surface area contributed by atoms with E-state index in [4.69, 9.17) is 5.26 Å². The van der Waals surface area contributed by atoms with Gasteiger partial charge < -0.3 is 5.32 Å². The number of carbonyl (C=O) groups is 1. The molecule has 3 nitrogen and oxygen atoms in total. The van der Waals surface area contributed by atoms with Gasteiger partial charge in [0.05, 0.1) is 0 Å². The molecule has 0 bridgehead atoms. The van der Waals surface area contributed by atoms with E-state index in [9.17, 15) is 9.18 Å². The third-order valence-electron chi connectivity index (χ3n) is 3.40. The van der Waals surface area contributed by atoms with Gasteiger partial charge in [0.2, 0.25) is 0 Å². The number of hydrogen-bond acceptors (Lipinski definition) is 2. The number of carbonyl (C=O) groups excluding carboxylic acids is 1. The number of rotatable bonds is 5. The molecule has 0 aliphatic carbocycles. The van der Waals surface area contributed by atoms with Crippen LogP contribution in [0.1, 0.15) is 16.7 Å². The average molecular weight is 308 g/mol. The fourth-order valence-electron chi connectivity index (χ4n) is 2.13. The van der Waals surface area contributed by atoms with Crippen LogP contribution in [0.3, 0.4) is 0 Å². The van der Waals surface area contributed by atoms with Gasteiger partial charge in [-0.15, -0.1) is 0 Å². The number of nitrogens with one attached hydrogen (secondary N) is 1. The molecule has 0 heterocycles. The van der Waals surface area contributed by atoms with E-state index in [1.807, 2.05) is 36.4 Å². The molecule has 0 aliphatic rings. The molecule has 23 heavy (non-hydrogen) atoms.